The fraction of sp³-hybridized carbons (Fsp3) is 0.379. The zero-order chi connectivity index (χ0) is 27.0. The lowest BCUT2D eigenvalue weighted by Gasteiger charge is -2.25. The van der Waals surface area contributed by atoms with E-state index < -0.39 is 22.0 Å². The van der Waals surface area contributed by atoms with Crippen LogP contribution in [0.1, 0.15) is 59.7 Å². The molecular weight excluding hydrogens is 500 g/mol. The molecule has 0 bridgehead atoms. The molecule has 1 aliphatic rings. The number of aliphatic hydroxyl groups is 1. The smallest absolute Gasteiger partial charge is 0.266 e. The Bertz CT molecular complexity index is 1310. The molecule has 1 fully saturated rings. The maximum Gasteiger partial charge on any atom is 0.266 e. The summed E-state index contributed by atoms with van der Waals surface area (Å²) in [4.78, 5) is 16.7. The van der Waals surface area contributed by atoms with Crippen molar-refractivity contribution < 1.29 is 18.3 Å². The molecule has 38 heavy (non-hydrogen) atoms. The average Bonchev–Trinajstić information content (AvgIpc) is 2.91. The van der Waals surface area contributed by atoms with Crippen LogP contribution in [-0.4, -0.2) is 49.8 Å². The van der Waals surface area contributed by atoms with Gasteiger partial charge in [0.2, 0.25) is 10.0 Å². The van der Waals surface area contributed by atoms with Crippen molar-refractivity contribution in [3.05, 3.63) is 83.7 Å². The summed E-state index contributed by atoms with van der Waals surface area (Å²) < 4.78 is 25.4. The molecule has 0 aliphatic heterocycles. The number of aromatic nitrogens is 1. The number of carbonyl (C=O) groups excluding carboxylic acids is 1. The average molecular weight is 537 g/mol. The van der Waals surface area contributed by atoms with Gasteiger partial charge in [-0.15, -0.1) is 0 Å². The van der Waals surface area contributed by atoms with Crippen LogP contribution in [-0.2, 0) is 16.4 Å². The Labute approximate surface area is 225 Å². The molecule has 202 valence electrons. The zero-order valence-corrected chi connectivity index (χ0v) is 22.5. The quantitative estimate of drug-likeness (QED) is 0.273. The standard InChI is InChI=1S/C29H36N4O4S/c1-38(36,37)33-29(35)26-14-13-23(18-27(26)32-25-7-3-2-4-8-25)22-11-9-21(10-12-22)15-17-31-20-28(34)24-6-5-16-30-19-24/h5-6,9-14,16,18-19,25,28,31-32,34H,2-4,7-8,15,17,20H2,1H3,(H,33,35)/t28-/m0/s1. The fourth-order valence-corrected chi connectivity index (χ4v) is 5.20. The molecule has 1 heterocycles. The van der Waals surface area contributed by atoms with Gasteiger partial charge in [0.05, 0.1) is 17.9 Å². The number of aliphatic hydroxyl groups excluding tert-OH is 1. The third-order valence-corrected chi connectivity index (χ3v) is 7.35. The van der Waals surface area contributed by atoms with Crippen molar-refractivity contribution in [1.82, 2.24) is 15.0 Å². The van der Waals surface area contributed by atoms with Crippen LogP contribution in [0.25, 0.3) is 11.1 Å². The van der Waals surface area contributed by atoms with E-state index in [-0.39, 0.29) is 6.04 Å². The van der Waals surface area contributed by atoms with Gasteiger partial charge in [0.25, 0.3) is 5.91 Å². The molecule has 0 spiro atoms. The van der Waals surface area contributed by atoms with Gasteiger partial charge in [-0.3, -0.25) is 9.78 Å². The van der Waals surface area contributed by atoms with Crippen molar-refractivity contribution in [3.63, 3.8) is 0 Å². The van der Waals surface area contributed by atoms with E-state index in [9.17, 15) is 18.3 Å². The number of hydrogen-bond acceptors (Lipinski definition) is 7. The van der Waals surface area contributed by atoms with Crippen molar-refractivity contribution in [2.24, 2.45) is 0 Å². The summed E-state index contributed by atoms with van der Waals surface area (Å²) >= 11 is 0. The number of nitrogens with zero attached hydrogens (tertiary/aromatic N) is 1. The van der Waals surface area contributed by atoms with E-state index in [1.165, 1.54) is 12.0 Å². The molecule has 2 aromatic carbocycles. The van der Waals surface area contributed by atoms with Crippen molar-refractivity contribution in [3.8, 4) is 11.1 Å². The first-order valence-corrected chi connectivity index (χ1v) is 15.0. The van der Waals surface area contributed by atoms with Gasteiger partial charge in [-0.05, 0) is 60.7 Å². The van der Waals surface area contributed by atoms with Crippen LogP contribution in [0.5, 0.6) is 0 Å². The van der Waals surface area contributed by atoms with Crippen LogP contribution in [0.3, 0.4) is 0 Å². The number of sulfonamides is 1. The molecule has 0 radical (unpaired) electrons. The number of anilines is 1. The van der Waals surface area contributed by atoms with Crippen LogP contribution in [0.4, 0.5) is 5.69 Å². The van der Waals surface area contributed by atoms with Crippen molar-refractivity contribution in [1.29, 1.82) is 0 Å². The van der Waals surface area contributed by atoms with E-state index >= 15 is 0 Å². The summed E-state index contributed by atoms with van der Waals surface area (Å²) in [5.74, 6) is -0.631. The zero-order valence-electron chi connectivity index (χ0n) is 21.7. The highest BCUT2D eigenvalue weighted by molar-refractivity contribution is 7.89. The highest BCUT2D eigenvalue weighted by Crippen LogP contribution is 2.29. The molecule has 1 aromatic heterocycles. The SMILES string of the molecule is CS(=O)(=O)NC(=O)c1ccc(-c2ccc(CCNC[C@H](O)c3cccnc3)cc2)cc1NC1CCCCC1. The van der Waals surface area contributed by atoms with Gasteiger partial charge >= 0.3 is 0 Å². The predicted octanol–water partition coefficient (Wildman–Crippen LogP) is 4.05. The Balaban J connectivity index is 1.41. The highest BCUT2D eigenvalue weighted by Gasteiger charge is 2.20. The Morgan fingerprint density at radius 1 is 1.05 bits per heavy atom. The number of carbonyl (C=O) groups is 1. The van der Waals surface area contributed by atoms with E-state index in [4.69, 9.17) is 0 Å². The molecule has 8 nitrogen and oxygen atoms in total. The van der Waals surface area contributed by atoms with Gasteiger partial charge in [-0.1, -0.05) is 55.7 Å². The molecule has 9 heteroatoms. The maximum atomic E-state index is 12.7. The lowest BCUT2D eigenvalue weighted by Crippen LogP contribution is -2.31. The van der Waals surface area contributed by atoms with E-state index in [1.54, 1.807) is 18.5 Å². The van der Waals surface area contributed by atoms with Gasteiger partial charge in [0.1, 0.15) is 0 Å². The van der Waals surface area contributed by atoms with E-state index in [2.05, 4.69) is 44.6 Å². The van der Waals surface area contributed by atoms with Gasteiger partial charge < -0.3 is 15.7 Å². The summed E-state index contributed by atoms with van der Waals surface area (Å²) in [6.45, 7) is 1.19. The van der Waals surface area contributed by atoms with E-state index in [0.717, 1.165) is 61.6 Å². The summed E-state index contributed by atoms with van der Waals surface area (Å²) in [5.41, 5.74) is 4.89. The van der Waals surface area contributed by atoms with Gasteiger partial charge in [-0.2, -0.15) is 0 Å². The second-order valence-corrected chi connectivity index (χ2v) is 11.6. The molecule has 4 rings (SSSR count). The summed E-state index contributed by atoms with van der Waals surface area (Å²) in [5, 5.41) is 17.0. The second-order valence-electron chi connectivity index (χ2n) is 9.90. The van der Waals surface area contributed by atoms with Crippen molar-refractivity contribution in [2.75, 3.05) is 24.7 Å². The summed E-state index contributed by atoms with van der Waals surface area (Å²) in [7, 11) is -3.67. The van der Waals surface area contributed by atoms with Crippen LogP contribution in [0, 0.1) is 0 Å². The molecule has 1 saturated carbocycles. The Morgan fingerprint density at radius 3 is 2.47 bits per heavy atom. The fourth-order valence-electron chi connectivity index (χ4n) is 4.76. The number of benzene rings is 2. The lowest BCUT2D eigenvalue weighted by atomic mass is 9.94. The normalized spacial score (nSPS) is 15.1. The van der Waals surface area contributed by atoms with Gasteiger partial charge in [-0.25, -0.2) is 13.1 Å². The predicted molar refractivity (Wildman–Crippen MR) is 150 cm³/mol. The minimum Gasteiger partial charge on any atom is -0.387 e. The monoisotopic (exact) mass is 536 g/mol. The first-order valence-electron chi connectivity index (χ1n) is 13.1. The Kier molecular flexibility index (Phi) is 9.49. The largest absolute Gasteiger partial charge is 0.387 e. The minimum atomic E-state index is -3.67. The van der Waals surface area contributed by atoms with Gasteiger partial charge in [0.15, 0.2) is 0 Å². The van der Waals surface area contributed by atoms with E-state index in [0.29, 0.717) is 17.8 Å². The minimum absolute atomic E-state index is 0.260. The number of rotatable bonds is 11. The lowest BCUT2D eigenvalue weighted by molar-refractivity contribution is 0.0982. The first kappa shape index (κ1) is 27.8. The van der Waals surface area contributed by atoms with Crippen LogP contribution < -0.4 is 15.4 Å². The third kappa shape index (κ3) is 8.11. The van der Waals surface area contributed by atoms with Crippen LogP contribution in [0.2, 0.25) is 0 Å². The second kappa shape index (κ2) is 13.0. The van der Waals surface area contributed by atoms with Crippen molar-refractivity contribution in [2.45, 2.75) is 50.7 Å². The number of pyridine rings is 1. The molecular formula is C29H36N4O4S. The number of hydrogen-bond donors (Lipinski definition) is 4. The summed E-state index contributed by atoms with van der Waals surface area (Å²) in [6, 6.07) is 17.7. The molecule has 0 unspecified atom stereocenters. The Hall–Kier alpha value is -3.27. The highest BCUT2D eigenvalue weighted by atomic mass is 32.2. The molecule has 1 amide bonds. The Morgan fingerprint density at radius 2 is 1.79 bits per heavy atom. The maximum absolute atomic E-state index is 12.7. The first-order chi connectivity index (χ1) is 18.3. The van der Waals surface area contributed by atoms with E-state index in [1.807, 2.05) is 24.3 Å². The molecule has 4 N–H and O–H groups in total. The molecule has 3 aromatic rings. The molecule has 1 atom stereocenters. The third-order valence-electron chi connectivity index (χ3n) is 6.79. The number of amides is 1. The van der Waals surface area contributed by atoms with Gasteiger partial charge in [0, 0.05) is 36.2 Å². The topological polar surface area (TPSA) is 120 Å². The van der Waals surface area contributed by atoms with Crippen LogP contribution in [0.15, 0.2) is 67.0 Å². The molecule has 0 saturated heterocycles. The van der Waals surface area contributed by atoms with Crippen LogP contribution >= 0.6 is 0 Å². The van der Waals surface area contributed by atoms with Crippen molar-refractivity contribution >= 4 is 21.6 Å². The summed E-state index contributed by atoms with van der Waals surface area (Å²) in [6.07, 6.45) is 10.1. The molecule has 1 aliphatic carbocycles. The number of nitrogens with one attached hydrogen (secondary N) is 3.